The highest BCUT2D eigenvalue weighted by molar-refractivity contribution is 14.1. The predicted molar refractivity (Wildman–Crippen MR) is 174 cm³/mol. The minimum absolute atomic E-state index is 0.0517. The fraction of sp³-hybridized carbons (Fsp3) is 0.226. The molecule has 0 atom stereocenters. The van der Waals surface area contributed by atoms with Gasteiger partial charge in [-0.3, -0.25) is 10.2 Å². The fourth-order valence-electron chi connectivity index (χ4n) is 4.31. The molecular formula is C31H29IN4O5S. The molecule has 0 fully saturated rings. The molecule has 9 nitrogen and oxygen atoms in total. The molecule has 0 saturated heterocycles. The lowest BCUT2D eigenvalue weighted by molar-refractivity contribution is -0.114. The average molecular weight is 697 g/mol. The van der Waals surface area contributed by atoms with Crippen molar-refractivity contribution in [1.82, 2.24) is 5.01 Å². The number of hydrogen-bond acceptors (Lipinski definition) is 8. The Morgan fingerprint density at radius 2 is 1.67 bits per heavy atom. The van der Waals surface area contributed by atoms with Crippen LogP contribution in [0.15, 0.2) is 76.3 Å². The van der Waals surface area contributed by atoms with E-state index in [-0.39, 0.29) is 18.0 Å². The van der Waals surface area contributed by atoms with E-state index in [2.05, 4.69) is 32.7 Å². The van der Waals surface area contributed by atoms with Crippen molar-refractivity contribution in [3.05, 3.63) is 86.5 Å². The number of aliphatic imine (C=N–C) groups is 1. The van der Waals surface area contributed by atoms with Gasteiger partial charge in [0.2, 0.25) is 5.17 Å². The summed E-state index contributed by atoms with van der Waals surface area (Å²) in [6, 6.07) is 19.1. The third-order valence-corrected chi connectivity index (χ3v) is 7.91. The number of hydrogen-bond donors (Lipinski definition) is 1. The van der Waals surface area contributed by atoms with Gasteiger partial charge < -0.3 is 18.9 Å². The van der Waals surface area contributed by atoms with Crippen LogP contribution >= 0.6 is 34.4 Å². The fourth-order valence-corrected chi connectivity index (χ4v) is 5.89. The number of benzene rings is 3. The summed E-state index contributed by atoms with van der Waals surface area (Å²) in [5.41, 5.74) is 2.96. The van der Waals surface area contributed by atoms with Gasteiger partial charge in [0.25, 0.3) is 5.91 Å². The number of thioether (sulfide) groups is 1. The number of ether oxygens (including phenoxy) is 4. The van der Waals surface area contributed by atoms with Crippen molar-refractivity contribution in [1.29, 1.82) is 5.41 Å². The number of hydrazone groups is 1. The molecule has 2 aliphatic rings. The summed E-state index contributed by atoms with van der Waals surface area (Å²) in [4.78, 5) is 17.1. The molecule has 0 spiro atoms. The predicted octanol–water partition coefficient (Wildman–Crippen LogP) is 6.46. The summed E-state index contributed by atoms with van der Waals surface area (Å²) in [6.45, 7) is 7.26. The van der Waals surface area contributed by atoms with E-state index < -0.39 is 5.91 Å². The zero-order chi connectivity index (χ0) is 29.6. The number of rotatable bonds is 11. The highest BCUT2D eigenvalue weighted by atomic mass is 127. The van der Waals surface area contributed by atoms with Gasteiger partial charge in [-0.05, 0) is 102 Å². The molecule has 5 rings (SSSR count). The van der Waals surface area contributed by atoms with Gasteiger partial charge in [0.05, 0.1) is 15.8 Å². The highest BCUT2D eigenvalue weighted by Crippen LogP contribution is 2.36. The number of nitrogens with one attached hydrogen (secondary N) is 1. The van der Waals surface area contributed by atoms with Gasteiger partial charge in [-0.15, -0.1) is 0 Å². The van der Waals surface area contributed by atoms with Gasteiger partial charge in [0.1, 0.15) is 36.4 Å². The standard InChI is InChI=1S/C31H29IN4O5S/c1-4-38-25-17-21(16-24(32)28(25)40-14-13-39-27-19(2)9-8-10-20(27)3)15-23-29(33)36-31(34-30(23)37)42-26(35-36)18-41-22-11-6-5-7-12-22/h5-12,15-17,33H,4,13-14,18H2,1-3H3/b23-15-,33-29?. The maximum absolute atomic E-state index is 12.9. The lowest BCUT2D eigenvalue weighted by Gasteiger charge is -2.20. The van der Waals surface area contributed by atoms with Crippen LogP contribution in [0.25, 0.3) is 6.08 Å². The summed E-state index contributed by atoms with van der Waals surface area (Å²) in [5, 5.41) is 15.5. The maximum atomic E-state index is 12.9. The van der Waals surface area contributed by atoms with Crippen LogP contribution in [0.2, 0.25) is 0 Å². The topological polar surface area (TPSA) is 106 Å². The van der Waals surface area contributed by atoms with Gasteiger partial charge >= 0.3 is 0 Å². The quantitative estimate of drug-likeness (QED) is 0.139. The third-order valence-electron chi connectivity index (χ3n) is 6.23. The molecule has 11 heteroatoms. The molecule has 1 amide bonds. The largest absolute Gasteiger partial charge is 0.490 e. The number of para-hydroxylation sites is 2. The van der Waals surface area contributed by atoms with Gasteiger partial charge in [0.15, 0.2) is 17.3 Å². The second-order valence-corrected chi connectivity index (χ2v) is 11.5. The Labute approximate surface area is 262 Å². The van der Waals surface area contributed by atoms with E-state index in [0.29, 0.717) is 52.8 Å². The molecule has 216 valence electrons. The second-order valence-electron chi connectivity index (χ2n) is 9.30. The van der Waals surface area contributed by atoms with Gasteiger partial charge in [-0.2, -0.15) is 15.1 Å². The molecule has 0 aliphatic carbocycles. The first-order valence-electron chi connectivity index (χ1n) is 13.3. The molecule has 3 aromatic carbocycles. The molecule has 2 heterocycles. The first kappa shape index (κ1) is 29.6. The Kier molecular flexibility index (Phi) is 9.48. The van der Waals surface area contributed by atoms with Crippen molar-refractivity contribution in [2.24, 2.45) is 10.1 Å². The molecule has 1 N–H and O–H groups in total. The Morgan fingerprint density at radius 1 is 0.952 bits per heavy atom. The zero-order valence-corrected chi connectivity index (χ0v) is 26.3. The van der Waals surface area contributed by atoms with E-state index >= 15 is 0 Å². The number of halogens is 1. The van der Waals surface area contributed by atoms with E-state index in [1.807, 2.05) is 75.4 Å². The SMILES string of the molecule is CCOc1cc(/C=C2/C(=N)N3N=C(COc4ccccc4)SC3=NC2=O)cc(I)c1OCCOc1c(C)cccc1C. The smallest absolute Gasteiger partial charge is 0.283 e. The van der Waals surface area contributed by atoms with Crippen LogP contribution in [-0.4, -0.2) is 53.4 Å². The molecular weight excluding hydrogens is 667 g/mol. The van der Waals surface area contributed by atoms with Gasteiger partial charge in [-0.25, -0.2) is 0 Å². The molecule has 3 aromatic rings. The van der Waals surface area contributed by atoms with Crippen molar-refractivity contribution in [3.63, 3.8) is 0 Å². The van der Waals surface area contributed by atoms with Crippen LogP contribution in [0.1, 0.15) is 23.6 Å². The van der Waals surface area contributed by atoms with Crippen LogP contribution in [0, 0.1) is 22.8 Å². The summed E-state index contributed by atoms with van der Waals surface area (Å²) in [7, 11) is 0. The Hall–Kier alpha value is -3.84. The van der Waals surface area contributed by atoms with Crippen LogP contribution in [-0.2, 0) is 4.79 Å². The van der Waals surface area contributed by atoms with E-state index in [0.717, 1.165) is 20.4 Å². The molecule has 0 aromatic heterocycles. The normalized spacial score (nSPS) is 15.3. The number of amides is 1. The van der Waals surface area contributed by atoms with Crippen LogP contribution in [0.4, 0.5) is 0 Å². The number of carbonyl (C=O) groups is 1. The Balaban J connectivity index is 1.29. The van der Waals surface area contributed by atoms with Crippen molar-refractivity contribution in [2.75, 3.05) is 26.4 Å². The third kappa shape index (κ3) is 6.79. The van der Waals surface area contributed by atoms with Crippen LogP contribution in [0.3, 0.4) is 0 Å². The zero-order valence-electron chi connectivity index (χ0n) is 23.3. The second kappa shape index (κ2) is 13.4. The lowest BCUT2D eigenvalue weighted by atomic mass is 10.1. The number of nitrogens with zero attached hydrogens (tertiary/aromatic N) is 3. The summed E-state index contributed by atoms with van der Waals surface area (Å²) in [6.07, 6.45) is 1.63. The van der Waals surface area contributed by atoms with Crippen molar-refractivity contribution < 1.29 is 23.7 Å². The molecule has 0 radical (unpaired) electrons. The molecule has 42 heavy (non-hydrogen) atoms. The van der Waals surface area contributed by atoms with E-state index in [4.69, 9.17) is 24.4 Å². The maximum Gasteiger partial charge on any atom is 0.283 e. The number of aryl methyl sites for hydroxylation is 2. The van der Waals surface area contributed by atoms with Crippen molar-refractivity contribution in [2.45, 2.75) is 20.8 Å². The van der Waals surface area contributed by atoms with Crippen LogP contribution in [0.5, 0.6) is 23.0 Å². The minimum Gasteiger partial charge on any atom is -0.490 e. The molecule has 0 unspecified atom stereocenters. The monoisotopic (exact) mass is 696 g/mol. The molecule has 0 bridgehead atoms. The Bertz CT molecular complexity index is 1590. The number of carbonyl (C=O) groups excluding carboxylic acids is 1. The number of amidine groups is 2. The van der Waals surface area contributed by atoms with Gasteiger partial charge in [-0.1, -0.05) is 36.4 Å². The van der Waals surface area contributed by atoms with Gasteiger partial charge in [0, 0.05) is 0 Å². The molecule has 2 aliphatic heterocycles. The summed E-state index contributed by atoms with van der Waals surface area (Å²) in [5.74, 6) is 2.15. The lowest BCUT2D eigenvalue weighted by Crippen LogP contribution is -2.35. The summed E-state index contributed by atoms with van der Waals surface area (Å²) >= 11 is 3.40. The van der Waals surface area contributed by atoms with Crippen molar-refractivity contribution in [3.8, 4) is 23.0 Å². The minimum atomic E-state index is -0.504. The van der Waals surface area contributed by atoms with Crippen molar-refractivity contribution >= 4 is 62.4 Å². The molecule has 0 saturated carbocycles. The van der Waals surface area contributed by atoms with E-state index in [1.54, 1.807) is 12.1 Å². The van der Waals surface area contributed by atoms with E-state index in [9.17, 15) is 4.79 Å². The average Bonchev–Trinajstić information content (AvgIpc) is 3.38. The highest BCUT2D eigenvalue weighted by Gasteiger charge is 2.36. The summed E-state index contributed by atoms with van der Waals surface area (Å²) < 4.78 is 24.5. The Morgan fingerprint density at radius 3 is 2.38 bits per heavy atom. The van der Waals surface area contributed by atoms with E-state index in [1.165, 1.54) is 16.8 Å². The van der Waals surface area contributed by atoms with Crippen LogP contribution < -0.4 is 18.9 Å². The number of fused-ring (bicyclic) bond motifs is 1. The first-order chi connectivity index (χ1) is 20.3. The first-order valence-corrected chi connectivity index (χ1v) is 15.2.